The van der Waals surface area contributed by atoms with E-state index < -0.39 is 15.3 Å². The minimum atomic E-state index is -3.31. The van der Waals surface area contributed by atoms with Gasteiger partial charge in [0, 0.05) is 6.07 Å². The highest BCUT2D eigenvalue weighted by molar-refractivity contribution is 7.90. The van der Waals surface area contributed by atoms with E-state index in [2.05, 4.69) is 14.4 Å². The predicted molar refractivity (Wildman–Crippen MR) is 50.2 cm³/mol. The fourth-order valence-electron chi connectivity index (χ4n) is 0.746. The third-order valence-electron chi connectivity index (χ3n) is 1.64. The molecule has 0 aromatic carbocycles. The normalized spacial score (nSPS) is 12.2. The van der Waals surface area contributed by atoms with Gasteiger partial charge in [0.2, 0.25) is 10.0 Å². The molecule has 0 radical (unpaired) electrons. The minimum absolute atomic E-state index is 0.0146. The summed E-state index contributed by atoms with van der Waals surface area (Å²) in [5.74, 6) is 0.263. The molecule has 6 nitrogen and oxygen atoms in total. The molecule has 2 N–H and O–H groups in total. The van der Waals surface area contributed by atoms with E-state index in [0.29, 0.717) is 0 Å². The molecule has 1 heterocycles. The number of hydrogen-bond donors (Lipinski definition) is 2. The van der Waals surface area contributed by atoms with Crippen LogP contribution in [-0.4, -0.2) is 18.8 Å². The van der Waals surface area contributed by atoms with Gasteiger partial charge in [0.15, 0.2) is 5.76 Å². The summed E-state index contributed by atoms with van der Waals surface area (Å²) in [6.07, 6.45) is 0. The van der Waals surface area contributed by atoms with Crippen LogP contribution < -0.4 is 10.3 Å². The van der Waals surface area contributed by atoms with Crippen molar-refractivity contribution >= 4 is 10.0 Å². The van der Waals surface area contributed by atoms with Crippen LogP contribution in [0.5, 0.6) is 0 Å². The number of aromatic nitrogens is 1. The summed E-state index contributed by atoms with van der Waals surface area (Å²) in [5.41, 5.74) is -0.385. The zero-order valence-electron chi connectivity index (χ0n) is 7.90. The SMILES string of the molecule is CC(C)S(=O)(=O)NCc1cc(=O)[nH]o1. The molecule has 0 aliphatic carbocycles. The van der Waals surface area contributed by atoms with Gasteiger partial charge in [-0.25, -0.2) is 13.1 Å². The molecule has 80 valence electrons. The molecule has 1 aromatic rings. The van der Waals surface area contributed by atoms with Gasteiger partial charge < -0.3 is 4.52 Å². The third-order valence-corrected chi connectivity index (χ3v) is 3.43. The Morgan fingerprint density at radius 1 is 1.57 bits per heavy atom. The smallest absolute Gasteiger partial charge is 0.280 e. The fourth-order valence-corrected chi connectivity index (χ4v) is 1.42. The standard InChI is InChI=1S/C7H12N2O4S/c1-5(2)14(11,12)8-4-6-3-7(10)9-13-6/h3,5,8H,4H2,1-2H3,(H,9,10). The molecular formula is C7H12N2O4S. The van der Waals surface area contributed by atoms with Crippen LogP contribution in [0.2, 0.25) is 0 Å². The van der Waals surface area contributed by atoms with Crippen LogP contribution in [0.3, 0.4) is 0 Å². The van der Waals surface area contributed by atoms with Gasteiger partial charge in [-0.15, -0.1) is 0 Å². The highest BCUT2D eigenvalue weighted by Crippen LogP contribution is 1.99. The van der Waals surface area contributed by atoms with Gasteiger partial charge in [0.1, 0.15) is 0 Å². The number of aromatic amines is 1. The average Bonchev–Trinajstić information content (AvgIpc) is 2.48. The Labute approximate surface area is 81.3 Å². The van der Waals surface area contributed by atoms with Gasteiger partial charge in [0.25, 0.3) is 5.56 Å². The molecule has 0 amide bonds. The lowest BCUT2D eigenvalue weighted by Crippen LogP contribution is -2.30. The van der Waals surface area contributed by atoms with Crippen LogP contribution in [0.15, 0.2) is 15.4 Å². The lowest BCUT2D eigenvalue weighted by molar-refractivity contribution is 0.375. The van der Waals surface area contributed by atoms with Crippen LogP contribution in [-0.2, 0) is 16.6 Å². The topological polar surface area (TPSA) is 92.2 Å². The second-order valence-electron chi connectivity index (χ2n) is 3.09. The molecule has 7 heteroatoms. The van der Waals surface area contributed by atoms with Crippen LogP contribution in [0.4, 0.5) is 0 Å². The van der Waals surface area contributed by atoms with E-state index in [1.54, 1.807) is 13.8 Å². The molecular weight excluding hydrogens is 208 g/mol. The summed E-state index contributed by atoms with van der Waals surface area (Å²) in [6.45, 7) is 3.12. The first kappa shape index (κ1) is 11.0. The second kappa shape index (κ2) is 3.97. The van der Waals surface area contributed by atoms with E-state index in [0.717, 1.165) is 0 Å². The van der Waals surface area contributed by atoms with Crippen molar-refractivity contribution < 1.29 is 12.9 Å². The van der Waals surface area contributed by atoms with E-state index in [-0.39, 0.29) is 17.9 Å². The minimum Gasteiger partial charge on any atom is -0.382 e. The van der Waals surface area contributed by atoms with E-state index in [9.17, 15) is 13.2 Å². The molecule has 0 aliphatic rings. The van der Waals surface area contributed by atoms with Crippen LogP contribution >= 0.6 is 0 Å². The summed E-state index contributed by atoms with van der Waals surface area (Å²) < 4.78 is 29.5. The molecule has 0 saturated carbocycles. The van der Waals surface area contributed by atoms with E-state index in [1.807, 2.05) is 0 Å². The second-order valence-corrected chi connectivity index (χ2v) is 5.42. The maximum atomic E-state index is 11.3. The monoisotopic (exact) mass is 220 g/mol. The summed E-state index contributed by atoms with van der Waals surface area (Å²) in [5, 5.41) is 1.56. The third kappa shape index (κ3) is 2.71. The first-order valence-corrected chi connectivity index (χ1v) is 5.62. The van der Waals surface area contributed by atoms with Crippen LogP contribution in [0, 0.1) is 0 Å². The number of rotatable bonds is 4. The predicted octanol–water partition coefficient (Wildman–Crippen LogP) is -0.204. The molecule has 14 heavy (non-hydrogen) atoms. The Kier molecular flexibility index (Phi) is 3.12. The van der Waals surface area contributed by atoms with Gasteiger partial charge in [0.05, 0.1) is 11.8 Å². The van der Waals surface area contributed by atoms with Crippen molar-refractivity contribution in [1.29, 1.82) is 0 Å². The average molecular weight is 220 g/mol. The Hall–Kier alpha value is -1.08. The highest BCUT2D eigenvalue weighted by Gasteiger charge is 2.15. The summed E-state index contributed by atoms with van der Waals surface area (Å²) in [7, 11) is -3.31. The van der Waals surface area contributed by atoms with Crippen molar-refractivity contribution in [3.63, 3.8) is 0 Å². The van der Waals surface area contributed by atoms with Crippen molar-refractivity contribution in [2.45, 2.75) is 25.6 Å². The zero-order valence-corrected chi connectivity index (χ0v) is 8.72. The van der Waals surface area contributed by atoms with Crippen molar-refractivity contribution in [1.82, 2.24) is 9.88 Å². The summed E-state index contributed by atoms with van der Waals surface area (Å²) >= 11 is 0. The Balaban J connectivity index is 2.62. The summed E-state index contributed by atoms with van der Waals surface area (Å²) in [6, 6.07) is 1.20. The van der Waals surface area contributed by atoms with Gasteiger partial charge in [-0.2, -0.15) is 5.16 Å². The molecule has 1 aromatic heterocycles. The zero-order chi connectivity index (χ0) is 10.8. The molecule has 1 rings (SSSR count). The number of H-pyrrole nitrogens is 1. The van der Waals surface area contributed by atoms with Gasteiger partial charge in [-0.05, 0) is 13.8 Å². The molecule has 0 unspecified atom stereocenters. The Morgan fingerprint density at radius 3 is 2.64 bits per heavy atom. The Bertz CT molecular complexity index is 442. The van der Waals surface area contributed by atoms with Crippen molar-refractivity contribution in [2.24, 2.45) is 0 Å². The van der Waals surface area contributed by atoms with Crippen molar-refractivity contribution in [2.75, 3.05) is 0 Å². The van der Waals surface area contributed by atoms with Gasteiger partial charge >= 0.3 is 0 Å². The molecule has 0 atom stereocenters. The van der Waals surface area contributed by atoms with Gasteiger partial charge in [-0.3, -0.25) is 4.79 Å². The molecule has 0 aliphatic heterocycles. The van der Waals surface area contributed by atoms with Crippen LogP contribution in [0.25, 0.3) is 0 Å². The van der Waals surface area contributed by atoms with E-state index in [4.69, 9.17) is 0 Å². The number of nitrogens with one attached hydrogen (secondary N) is 2. The first-order chi connectivity index (χ1) is 6.42. The highest BCUT2D eigenvalue weighted by atomic mass is 32.2. The van der Waals surface area contributed by atoms with E-state index >= 15 is 0 Å². The maximum absolute atomic E-state index is 11.3. The lowest BCUT2D eigenvalue weighted by atomic mass is 10.5. The number of sulfonamides is 1. The molecule has 0 saturated heterocycles. The largest absolute Gasteiger partial charge is 0.382 e. The molecule has 0 spiro atoms. The fraction of sp³-hybridized carbons (Fsp3) is 0.571. The van der Waals surface area contributed by atoms with Crippen molar-refractivity contribution in [3.8, 4) is 0 Å². The van der Waals surface area contributed by atoms with Crippen molar-refractivity contribution in [3.05, 3.63) is 22.2 Å². The summed E-state index contributed by atoms with van der Waals surface area (Å²) in [4.78, 5) is 10.6. The van der Waals surface area contributed by atoms with Crippen LogP contribution in [0.1, 0.15) is 19.6 Å². The van der Waals surface area contributed by atoms with Gasteiger partial charge in [-0.1, -0.05) is 0 Å². The maximum Gasteiger partial charge on any atom is 0.280 e. The molecule has 0 bridgehead atoms. The lowest BCUT2D eigenvalue weighted by Gasteiger charge is -2.06. The van der Waals surface area contributed by atoms with E-state index in [1.165, 1.54) is 6.07 Å². The molecule has 0 fully saturated rings. The number of hydrogen-bond acceptors (Lipinski definition) is 4. The Morgan fingerprint density at radius 2 is 2.21 bits per heavy atom. The quantitative estimate of drug-likeness (QED) is 0.734. The first-order valence-electron chi connectivity index (χ1n) is 4.07.